The van der Waals surface area contributed by atoms with Gasteiger partial charge in [0.25, 0.3) is 5.91 Å². The van der Waals surface area contributed by atoms with E-state index in [0.29, 0.717) is 50.0 Å². The molecule has 5 aromatic rings. The quantitative estimate of drug-likeness (QED) is 0.128. The molecule has 3 aromatic heterocycles. The number of nitrogens with one attached hydrogen (secondary N) is 2. The molecule has 4 heterocycles. The van der Waals surface area contributed by atoms with Crippen LogP contribution in [0.3, 0.4) is 0 Å². The maximum Gasteiger partial charge on any atom is 0.286 e. The van der Waals surface area contributed by atoms with Gasteiger partial charge in [0.2, 0.25) is 10.9 Å². The van der Waals surface area contributed by atoms with Crippen molar-refractivity contribution in [3.05, 3.63) is 104 Å². The van der Waals surface area contributed by atoms with Gasteiger partial charge in [0.15, 0.2) is 5.69 Å². The molecule has 1 saturated heterocycles. The number of hydrazine groups is 1. The molecular weight excluding hydrogens is 689 g/mol. The molecule has 10 nitrogen and oxygen atoms in total. The molecule has 15 heteroatoms. The average molecular weight is 715 g/mol. The highest BCUT2D eigenvalue weighted by molar-refractivity contribution is 7.74. The predicted molar refractivity (Wildman–Crippen MR) is 182 cm³/mol. The second kappa shape index (κ2) is 14.3. The summed E-state index contributed by atoms with van der Waals surface area (Å²) in [4.78, 5) is 22.2. The van der Waals surface area contributed by atoms with Crippen molar-refractivity contribution >= 4 is 68.8 Å². The number of anilines is 1. The number of carbonyl (C=O) groups is 1. The Hall–Kier alpha value is -3.83. The minimum Gasteiger partial charge on any atom is -0.331 e. The minimum atomic E-state index is -3.14. The van der Waals surface area contributed by atoms with Gasteiger partial charge < -0.3 is 4.98 Å². The van der Waals surface area contributed by atoms with Gasteiger partial charge in [-0.3, -0.25) is 14.5 Å². The van der Waals surface area contributed by atoms with Crippen molar-refractivity contribution in [3.63, 3.8) is 0 Å². The van der Waals surface area contributed by atoms with Gasteiger partial charge in [0, 0.05) is 34.3 Å². The van der Waals surface area contributed by atoms with Crippen molar-refractivity contribution < 1.29 is 13.2 Å². The number of amides is 1. The molecule has 0 bridgehead atoms. The van der Waals surface area contributed by atoms with Crippen LogP contribution in [-0.4, -0.2) is 52.2 Å². The number of thiophene rings is 1. The van der Waals surface area contributed by atoms with Gasteiger partial charge in [0.05, 0.1) is 45.2 Å². The highest BCUT2D eigenvalue weighted by atomic mass is 35.5. The van der Waals surface area contributed by atoms with Crippen LogP contribution >= 0.6 is 46.1 Å². The highest BCUT2D eigenvalue weighted by Crippen LogP contribution is 2.37. The first-order chi connectivity index (χ1) is 22.3. The Bertz CT molecular complexity index is 2000. The number of H-pyrrole nitrogens is 1. The largest absolute Gasteiger partial charge is 0.331 e. The summed E-state index contributed by atoms with van der Waals surface area (Å²) in [5.41, 5.74) is 5.13. The monoisotopic (exact) mass is 713 g/mol. The van der Waals surface area contributed by atoms with Gasteiger partial charge in [-0.15, -0.1) is 11.3 Å². The van der Waals surface area contributed by atoms with Crippen LogP contribution in [0.2, 0.25) is 15.1 Å². The van der Waals surface area contributed by atoms with E-state index in [2.05, 4.69) is 27.2 Å². The molecule has 46 heavy (non-hydrogen) atoms. The molecule has 2 aromatic carbocycles. The Kier molecular flexibility index (Phi) is 9.98. The minimum absolute atomic E-state index is 0.0511. The zero-order valence-corrected chi connectivity index (χ0v) is 28.0. The van der Waals surface area contributed by atoms with E-state index in [1.54, 1.807) is 35.0 Å². The summed E-state index contributed by atoms with van der Waals surface area (Å²) in [6, 6.07) is 15.9. The van der Waals surface area contributed by atoms with Gasteiger partial charge in [-0.05, 0) is 67.4 Å². The second-order valence-electron chi connectivity index (χ2n) is 10.3. The SMILES string of the molecule is O=C(NN1CCCCC1)c1nn(-c2ccc(Cl)cc2Cl)c(-c2ccc(C#Cc3ccc(Cl)cc3)s2)c1CN(c1cnc[nH]1)[SH](=O)=O. The fraction of sp³-hybridized carbons (Fsp3) is 0.194. The number of aromatic amines is 1. The second-order valence-corrected chi connectivity index (χ2v) is 13.6. The van der Waals surface area contributed by atoms with Gasteiger partial charge in [-0.1, -0.05) is 53.1 Å². The Morgan fingerprint density at radius 3 is 2.46 bits per heavy atom. The predicted octanol–water partition coefficient (Wildman–Crippen LogP) is 6.35. The molecular formula is C31H26Cl3N7O3S2. The molecule has 0 saturated carbocycles. The van der Waals surface area contributed by atoms with Crippen LogP contribution in [0.15, 0.2) is 67.1 Å². The third kappa shape index (κ3) is 7.25. The standard InChI is InChI=1S/C31H26Cl3N7O3S2/c32-21-7-4-20(5-8-21)6-10-23-11-13-27(45-23)30-24(18-40(46(43)44)28-17-35-19-36-28)29(31(42)38-39-14-2-1-3-15-39)37-41(30)26-12-9-22(33)16-25(26)34/h4-5,7-9,11-13,16-17,19,46H,1-3,14-15,18H2,(H,35,36)(H,38,42). The number of nitrogens with zero attached hydrogens (tertiary/aromatic N) is 5. The number of halogens is 3. The molecule has 0 unspecified atom stereocenters. The van der Waals surface area contributed by atoms with Gasteiger partial charge in [-0.2, -0.15) is 5.10 Å². The molecule has 6 rings (SSSR count). The average Bonchev–Trinajstić information content (AvgIpc) is 3.80. The topological polar surface area (TPSA) is 116 Å². The molecule has 1 fully saturated rings. The molecule has 1 aliphatic rings. The lowest BCUT2D eigenvalue weighted by molar-refractivity contribution is 0.0743. The molecule has 0 radical (unpaired) electrons. The van der Waals surface area contributed by atoms with Crippen molar-refractivity contribution in [2.75, 3.05) is 17.4 Å². The summed E-state index contributed by atoms with van der Waals surface area (Å²) in [5.74, 6) is 6.09. The van der Waals surface area contributed by atoms with Gasteiger partial charge >= 0.3 is 0 Å². The van der Waals surface area contributed by atoms with Crippen molar-refractivity contribution in [2.45, 2.75) is 25.8 Å². The smallest absolute Gasteiger partial charge is 0.286 e. The maximum absolute atomic E-state index is 13.9. The van der Waals surface area contributed by atoms with E-state index in [-0.39, 0.29) is 18.1 Å². The van der Waals surface area contributed by atoms with E-state index in [0.717, 1.165) is 34.0 Å². The highest BCUT2D eigenvalue weighted by Gasteiger charge is 2.30. The molecule has 0 spiro atoms. The van der Waals surface area contributed by atoms with Crippen LogP contribution in [0, 0.1) is 11.8 Å². The lowest BCUT2D eigenvalue weighted by Gasteiger charge is -2.26. The Labute approximate surface area is 286 Å². The summed E-state index contributed by atoms with van der Waals surface area (Å²) in [7, 11) is -3.14. The zero-order chi connectivity index (χ0) is 32.2. The van der Waals surface area contributed by atoms with Crippen LogP contribution in [0.25, 0.3) is 16.3 Å². The fourth-order valence-corrected chi connectivity index (χ4v) is 7.11. The third-order valence-electron chi connectivity index (χ3n) is 7.23. The lowest BCUT2D eigenvalue weighted by atomic mass is 10.1. The van der Waals surface area contributed by atoms with Crippen LogP contribution in [-0.2, 0) is 17.4 Å². The Balaban J connectivity index is 1.51. The number of benzene rings is 2. The molecule has 2 N–H and O–H groups in total. The van der Waals surface area contributed by atoms with Gasteiger partial charge in [-0.25, -0.2) is 23.1 Å². The molecule has 1 amide bonds. The summed E-state index contributed by atoms with van der Waals surface area (Å²) >= 11 is 20.3. The zero-order valence-electron chi connectivity index (χ0n) is 24.0. The first-order valence-corrected chi connectivity index (χ1v) is 17.3. The number of aromatic nitrogens is 4. The summed E-state index contributed by atoms with van der Waals surface area (Å²) in [5, 5.41) is 7.98. The lowest BCUT2D eigenvalue weighted by Crippen LogP contribution is -2.45. The Morgan fingerprint density at radius 2 is 1.76 bits per heavy atom. The van der Waals surface area contributed by atoms with Crippen molar-refractivity contribution in [3.8, 4) is 28.1 Å². The summed E-state index contributed by atoms with van der Waals surface area (Å²) in [6.07, 6.45) is 5.77. The number of piperidine rings is 1. The number of carbonyl (C=O) groups excluding carboxylic acids is 1. The molecule has 236 valence electrons. The van der Waals surface area contributed by atoms with Crippen molar-refractivity contribution in [1.82, 2.24) is 30.2 Å². The number of thiol groups is 1. The van der Waals surface area contributed by atoms with Crippen LogP contribution in [0.4, 0.5) is 5.82 Å². The van der Waals surface area contributed by atoms with Crippen LogP contribution < -0.4 is 9.73 Å². The fourth-order valence-electron chi connectivity index (χ4n) is 5.03. The van der Waals surface area contributed by atoms with E-state index < -0.39 is 16.8 Å². The normalized spacial score (nSPS) is 13.4. The van der Waals surface area contributed by atoms with E-state index in [4.69, 9.17) is 39.9 Å². The van der Waals surface area contributed by atoms with E-state index in [1.165, 1.54) is 23.9 Å². The van der Waals surface area contributed by atoms with Crippen molar-refractivity contribution in [2.24, 2.45) is 0 Å². The number of hydrogen-bond acceptors (Lipinski definition) is 7. The van der Waals surface area contributed by atoms with Crippen LogP contribution in [0.1, 0.15) is 45.8 Å². The first-order valence-electron chi connectivity index (χ1n) is 14.2. The van der Waals surface area contributed by atoms with E-state index >= 15 is 0 Å². The Morgan fingerprint density at radius 1 is 1.00 bits per heavy atom. The van der Waals surface area contributed by atoms with Crippen LogP contribution in [0.5, 0.6) is 0 Å². The summed E-state index contributed by atoms with van der Waals surface area (Å²) in [6.45, 7) is 1.18. The molecule has 0 atom stereocenters. The number of hydrogen-bond donors (Lipinski definition) is 3. The number of rotatable bonds is 8. The van der Waals surface area contributed by atoms with E-state index in [1.807, 2.05) is 29.3 Å². The molecule has 1 aliphatic heterocycles. The number of imidazole rings is 1. The third-order valence-corrected chi connectivity index (χ3v) is 9.78. The van der Waals surface area contributed by atoms with E-state index in [9.17, 15) is 13.2 Å². The summed E-state index contributed by atoms with van der Waals surface area (Å²) < 4.78 is 27.8. The van der Waals surface area contributed by atoms with Gasteiger partial charge in [0.1, 0.15) is 5.82 Å². The maximum atomic E-state index is 13.9. The molecule has 0 aliphatic carbocycles. The first kappa shape index (κ1) is 32.1. The van der Waals surface area contributed by atoms with Crippen molar-refractivity contribution in [1.29, 1.82) is 0 Å².